The molecule has 124 valence electrons. The number of sulfonamides is 1. The van der Waals surface area contributed by atoms with Crippen LogP contribution in [-0.2, 0) is 25.2 Å². The zero-order chi connectivity index (χ0) is 16.9. The molecule has 2 aromatic rings. The second kappa shape index (κ2) is 7.66. The SMILES string of the molecule is CCO/S(=N\S(=O)(=O)c1ccccc1)c1ccccc1N([O-])O. The normalized spacial score (nSPS) is 13.0. The number of benzene rings is 2. The first kappa shape index (κ1) is 17.6. The molecule has 0 amide bonds. The van der Waals surface area contributed by atoms with Gasteiger partial charge in [0.2, 0.25) is 0 Å². The Bertz CT molecular complexity index is 792. The lowest BCUT2D eigenvalue weighted by molar-refractivity contribution is 0.294. The van der Waals surface area contributed by atoms with Gasteiger partial charge in [0.1, 0.15) is 0 Å². The van der Waals surface area contributed by atoms with E-state index in [0.717, 1.165) is 0 Å². The zero-order valence-corrected chi connectivity index (χ0v) is 13.8. The number of nitrogens with zero attached hydrogens (tertiary/aromatic N) is 2. The summed E-state index contributed by atoms with van der Waals surface area (Å²) in [4.78, 5) is 0.212. The Balaban J connectivity index is 2.55. The topological polar surface area (TPSA) is 102 Å². The number of anilines is 1. The van der Waals surface area contributed by atoms with Gasteiger partial charge < -0.3 is 14.6 Å². The molecule has 1 atom stereocenters. The van der Waals surface area contributed by atoms with Crippen molar-refractivity contribution in [3.8, 4) is 0 Å². The van der Waals surface area contributed by atoms with Crippen LogP contribution in [0.25, 0.3) is 0 Å². The lowest BCUT2D eigenvalue weighted by Crippen LogP contribution is -2.12. The third-order valence-corrected chi connectivity index (χ3v) is 6.07. The van der Waals surface area contributed by atoms with Crippen LogP contribution in [0.2, 0.25) is 0 Å². The van der Waals surface area contributed by atoms with Crippen LogP contribution < -0.4 is 5.23 Å². The Morgan fingerprint density at radius 2 is 1.78 bits per heavy atom. The largest absolute Gasteiger partial charge is 0.733 e. The molecule has 0 heterocycles. The summed E-state index contributed by atoms with van der Waals surface area (Å²) in [5, 5.41) is 20.1. The summed E-state index contributed by atoms with van der Waals surface area (Å²) in [6.07, 6.45) is 0. The molecule has 0 fully saturated rings. The number of hydrogen-bond donors (Lipinski definition) is 1. The standard InChI is InChI=1S/C14H15N2O5S2/c1-2-21-22(14-11-7-6-10-13(14)16(17)18)15-23(19,20)12-8-4-3-5-9-12/h3-11,17H,2H2,1H3/q-1. The maximum atomic E-state index is 12.4. The second-order valence-electron chi connectivity index (χ2n) is 4.26. The van der Waals surface area contributed by atoms with Gasteiger partial charge in [-0.1, -0.05) is 30.3 Å². The van der Waals surface area contributed by atoms with E-state index in [-0.39, 0.29) is 27.3 Å². The maximum absolute atomic E-state index is 12.4. The summed E-state index contributed by atoms with van der Waals surface area (Å²) in [6, 6.07) is 13.7. The molecule has 0 aliphatic heterocycles. The van der Waals surface area contributed by atoms with Crippen molar-refractivity contribution < 1.29 is 17.8 Å². The molecule has 0 aliphatic carbocycles. The van der Waals surface area contributed by atoms with Crippen molar-refractivity contribution in [2.24, 2.45) is 3.77 Å². The van der Waals surface area contributed by atoms with Gasteiger partial charge in [0.25, 0.3) is 10.0 Å². The van der Waals surface area contributed by atoms with E-state index in [4.69, 9.17) is 4.18 Å². The van der Waals surface area contributed by atoms with Gasteiger partial charge in [0, 0.05) is 0 Å². The lowest BCUT2D eigenvalue weighted by Gasteiger charge is -2.24. The van der Waals surface area contributed by atoms with Gasteiger partial charge in [-0.05, 0) is 31.2 Å². The molecule has 0 aromatic heterocycles. The molecule has 23 heavy (non-hydrogen) atoms. The molecule has 0 saturated heterocycles. The molecule has 9 heteroatoms. The maximum Gasteiger partial charge on any atom is 0.290 e. The smallest absolute Gasteiger partial charge is 0.290 e. The Kier molecular flexibility index (Phi) is 5.85. The van der Waals surface area contributed by atoms with E-state index in [9.17, 15) is 18.8 Å². The molecule has 2 aromatic carbocycles. The lowest BCUT2D eigenvalue weighted by atomic mass is 10.3. The van der Waals surface area contributed by atoms with E-state index in [1.807, 2.05) is 0 Å². The van der Waals surface area contributed by atoms with Crippen molar-refractivity contribution in [3.05, 3.63) is 59.8 Å². The van der Waals surface area contributed by atoms with Crippen LogP contribution in [0.3, 0.4) is 0 Å². The van der Waals surface area contributed by atoms with E-state index < -0.39 is 21.0 Å². The number of hydrogen-bond acceptors (Lipinski definition) is 6. The summed E-state index contributed by atoms with van der Waals surface area (Å²) < 4.78 is 33.9. The minimum atomic E-state index is -3.96. The first-order chi connectivity index (χ1) is 11.0. The molecule has 7 nitrogen and oxygen atoms in total. The molecular formula is C14H15N2O5S2-. The molecule has 0 spiro atoms. The fourth-order valence-corrected chi connectivity index (χ4v) is 4.65. The average Bonchev–Trinajstić information content (AvgIpc) is 2.55. The highest BCUT2D eigenvalue weighted by Gasteiger charge is 2.17. The van der Waals surface area contributed by atoms with Crippen molar-refractivity contribution in [3.63, 3.8) is 0 Å². The molecule has 1 unspecified atom stereocenters. The third kappa shape index (κ3) is 4.36. The molecule has 1 N–H and O–H groups in total. The summed E-state index contributed by atoms with van der Waals surface area (Å²) in [5.74, 6) is 0. The molecule has 0 aliphatic rings. The molecule has 0 bridgehead atoms. The van der Waals surface area contributed by atoms with Gasteiger partial charge in [-0.15, -0.1) is 3.77 Å². The van der Waals surface area contributed by atoms with Gasteiger partial charge in [-0.3, -0.25) is 5.21 Å². The van der Waals surface area contributed by atoms with E-state index in [1.165, 1.54) is 24.3 Å². The van der Waals surface area contributed by atoms with Crippen LogP contribution in [0.15, 0.2) is 68.2 Å². The fraction of sp³-hybridized carbons (Fsp3) is 0.143. The zero-order valence-electron chi connectivity index (χ0n) is 12.2. The molecular weight excluding hydrogens is 340 g/mol. The number of rotatable bonds is 6. The predicted molar refractivity (Wildman–Crippen MR) is 87.4 cm³/mol. The van der Waals surface area contributed by atoms with Crippen molar-refractivity contribution in [2.75, 3.05) is 11.8 Å². The minimum Gasteiger partial charge on any atom is -0.733 e. The molecule has 0 saturated carbocycles. The third-order valence-electron chi connectivity index (χ3n) is 2.70. The van der Waals surface area contributed by atoms with Gasteiger partial charge in [-0.2, -0.15) is 8.42 Å². The van der Waals surface area contributed by atoms with Crippen molar-refractivity contribution in [2.45, 2.75) is 16.7 Å². The van der Waals surface area contributed by atoms with Crippen LogP contribution in [0.5, 0.6) is 0 Å². The van der Waals surface area contributed by atoms with Gasteiger partial charge >= 0.3 is 0 Å². The van der Waals surface area contributed by atoms with Crippen molar-refractivity contribution in [1.29, 1.82) is 0 Å². The highest BCUT2D eigenvalue weighted by molar-refractivity contribution is 7.98. The molecule has 0 radical (unpaired) electrons. The average molecular weight is 355 g/mol. The van der Waals surface area contributed by atoms with Crippen LogP contribution in [-0.4, -0.2) is 20.2 Å². The highest BCUT2D eigenvalue weighted by Crippen LogP contribution is 2.26. The van der Waals surface area contributed by atoms with Crippen LogP contribution in [0.4, 0.5) is 5.69 Å². The van der Waals surface area contributed by atoms with E-state index in [0.29, 0.717) is 0 Å². The summed E-state index contributed by atoms with van der Waals surface area (Å²) in [6.45, 7) is 1.87. The van der Waals surface area contributed by atoms with Crippen molar-refractivity contribution >= 4 is 26.7 Å². The first-order valence-electron chi connectivity index (χ1n) is 6.61. The quantitative estimate of drug-likeness (QED) is 0.799. The van der Waals surface area contributed by atoms with Gasteiger partial charge in [0.15, 0.2) is 0 Å². The summed E-state index contributed by atoms with van der Waals surface area (Å²) in [7, 11) is -5.52. The van der Waals surface area contributed by atoms with E-state index in [1.54, 1.807) is 37.3 Å². The minimum absolute atomic E-state index is 0.0256. The summed E-state index contributed by atoms with van der Waals surface area (Å²) in [5.41, 5.74) is -0.115. The van der Waals surface area contributed by atoms with E-state index in [2.05, 4.69) is 3.77 Å². The number of para-hydroxylation sites is 1. The van der Waals surface area contributed by atoms with Crippen molar-refractivity contribution in [1.82, 2.24) is 0 Å². The van der Waals surface area contributed by atoms with Gasteiger partial charge in [-0.25, -0.2) is 0 Å². The van der Waals surface area contributed by atoms with Crippen LogP contribution in [0, 0.1) is 5.21 Å². The predicted octanol–water partition coefficient (Wildman–Crippen LogP) is 2.88. The first-order valence-corrected chi connectivity index (χ1v) is 9.16. The Labute approximate surface area is 137 Å². The van der Waals surface area contributed by atoms with Crippen LogP contribution >= 0.6 is 0 Å². The Morgan fingerprint density at radius 3 is 2.39 bits per heavy atom. The fourth-order valence-electron chi connectivity index (χ4n) is 1.72. The molecule has 2 rings (SSSR count). The Morgan fingerprint density at radius 1 is 1.17 bits per heavy atom. The highest BCUT2D eigenvalue weighted by atomic mass is 32.3. The van der Waals surface area contributed by atoms with E-state index >= 15 is 0 Å². The second-order valence-corrected chi connectivity index (χ2v) is 7.45. The van der Waals surface area contributed by atoms with Crippen LogP contribution in [0.1, 0.15) is 6.92 Å². The Hall–Kier alpha value is -1.78. The van der Waals surface area contributed by atoms with Gasteiger partial charge in [0.05, 0.1) is 33.1 Å². The summed E-state index contributed by atoms with van der Waals surface area (Å²) >= 11 is 0. The monoisotopic (exact) mass is 355 g/mol.